The van der Waals surface area contributed by atoms with E-state index in [9.17, 15) is 34.8 Å². The fourth-order valence-electron chi connectivity index (χ4n) is 2.87. The molecule has 0 aliphatic rings. The van der Waals surface area contributed by atoms with Gasteiger partial charge in [0, 0.05) is 5.56 Å². The SMILES string of the molecule is Cc1ccc(-c2noc(CF)c2-c2cc(F)c(S(N)(=O)=O)c(F)c2)cc1OC(F)(F)F. The summed E-state index contributed by atoms with van der Waals surface area (Å²) >= 11 is 0. The number of ether oxygens (including phenoxy) is 1. The number of hydrogen-bond donors (Lipinski definition) is 1. The van der Waals surface area contributed by atoms with Crippen molar-refractivity contribution in [2.75, 3.05) is 0 Å². The molecule has 0 amide bonds. The fourth-order valence-corrected chi connectivity index (χ4v) is 3.53. The van der Waals surface area contributed by atoms with Crippen LogP contribution in [-0.2, 0) is 16.7 Å². The molecule has 2 N–H and O–H groups in total. The number of rotatable bonds is 5. The Bertz CT molecular complexity index is 1230. The second-order valence-electron chi connectivity index (χ2n) is 6.31. The molecule has 0 fully saturated rings. The fraction of sp³-hybridized carbons (Fsp3) is 0.167. The molecule has 1 heterocycles. The standard InChI is InChI=1S/C18H12F6N2O4S/c1-8-2-3-9(6-13(8)29-18(22,23)24)16-15(14(7-19)30-26-16)10-4-11(20)17(12(21)5-10)31(25,27)28/h2-6H,7H2,1H3,(H2,25,27,28). The van der Waals surface area contributed by atoms with Crippen molar-refractivity contribution in [2.45, 2.75) is 24.9 Å². The van der Waals surface area contributed by atoms with Gasteiger partial charge in [0.05, 0.1) is 5.56 Å². The average molecular weight is 466 g/mol. The normalized spacial score (nSPS) is 12.3. The molecule has 0 atom stereocenters. The van der Waals surface area contributed by atoms with E-state index in [1.807, 2.05) is 0 Å². The van der Waals surface area contributed by atoms with Crippen LogP contribution in [0.3, 0.4) is 0 Å². The highest BCUT2D eigenvalue weighted by molar-refractivity contribution is 7.89. The summed E-state index contributed by atoms with van der Waals surface area (Å²) < 4.78 is 111. The predicted octanol–water partition coefficient (Wildman–Crippen LogP) is 4.61. The van der Waals surface area contributed by atoms with Gasteiger partial charge in [-0.2, -0.15) is 0 Å². The van der Waals surface area contributed by atoms with Gasteiger partial charge in [0.25, 0.3) is 0 Å². The number of aryl methyl sites for hydroxylation is 1. The molecule has 0 saturated carbocycles. The molecule has 13 heteroatoms. The average Bonchev–Trinajstić information content (AvgIpc) is 3.04. The van der Waals surface area contributed by atoms with E-state index in [0.717, 1.165) is 6.07 Å². The molecule has 0 saturated heterocycles. The highest BCUT2D eigenvalue weighted by atomic mass is 32.2. The van der Waals surface area contributed by atoms with Crippen molar-refractivity contribution >= 4 is 10.0 Å². The Kier molecular flexibility index (Phi) is 5.76. The largest absolute Gasteiger partial charge is 0.573 e. The van der Waals surface area contributed by atoms with E-state index < -0.39 is 51.1 Å². The quantitative estimate of drug-likeness (QED) is 0.554. The van der Waals surface area contributed by atoms with Gasteiger partial charge in [-0.3, -0.25) is 0 Å². The Morgan fingerprint density at radius 3 is 2.23 bits per heavy atom. The van der Waals surface area contributed by atoms with Crippen molar-refractivity contribution in [3.63, 3.8) is 0 Å². The molecule has 31 heavy (non-hydrogen) atoms. The molecule has 0 spiro atoms. The monoisotopic (exact) mass is 466 g/mol. The number of hydrogen-bond acceptors (Lipinski definition) is 5. The molecule has 6 nitrogen and oxygen atoms in total. The van der Waals surface area contributed by atoms with Gasteiger partial charge in [0.1, 0.15) is 23.1 Å². The molecular weight excluding hydrogens is 454 g/mol. The lowest BCUT2D eigenvalue weighted by Gasteiger charge is -2.13. The van der Waals surface area contributed by atoms with E-state index >= 15 is 0 Å². The molecule has 166 valence electrons. The number of nitrogens with two attached hydrogens (primary N) is 1. The molecule has 3 rings (SSSR count). The third-order valence-electron chi connectivity index (χ3n) is 4.14. The summed E-state index contributed by atoms with van der Waals surface area (Å²) in [6.45, 7) is 0.0680. The second kappa shape index (κ2) is 7.89. The highest BCUT2D eigenvalue weighted by Crippen LogP contribution is 2.39. The van der Waals surface area contributed by atoms with Crippen molar-refractivity contribution in [3.8, 4) is 28.1 Å². The Labute approximate surface area is 171 Å². The summed E-state index contributed by atoms with van der Waals surface area (Å²) in [5.74, 6) is -4.18. The first-order chi connectivity index (χ1) is 14.3. The van der Waals surface area contributed by atoms with Crippen LogP contribution in [0.1, 0.15) is 11.3 Å². The summed E-state index contributed by atoms with van der Waals surface area (Å²) in [4.78, 5) is -1.40. The van der Waals surface area contributed by atoms with Gasteiger partial charge in [0.15, 0.2) is 17.3 Å². The van der Waals surface area contributed by atoms with Crippen LogP contribution in [0.2, 0.25) is 0 Å². The van der Waals surface area contributed by atoms with Gasteiger partial charge in [0.2, 0.25) is 10.0 Å². The maximum atomic E-state index is 14.3. The van der Waals surface area contributed by atoms with E-state index in [2.05, 4.69) is 9.89 Å². The van der Waals surface area contributed by atoms with E-state index in [4.69, 9.17) is 9.66 Å². The molecular formula is C18H12F6N2O4S. The summed E-state index contributed by atoms with van der Waals surface area (Å²) in [6.07, 6.45) is -4.99. The van der Waals surface area contributed by atoms with Crippen LogP contribution in [0.4, 0.5) is 26.3 Å². The zero-order chi connectivity index (χ0) is 23.1. The number of benzene rings is 2. The minimum atomic E-state index is -4.99. The maximum Gasteiger partial charge on any atom is 0.573 e. The van der Waals surface area contributed by atoms with E-state index in [-0.39, 0.29) is 27.9 Å². The second-order valence-corrected chi connectivity index (χ2v) is 7.80. The first kappa shape index (κ1) is 22.6. The molecule has 1 aromatic heterocycles. The van der Waals surface area contributed by atoms with E-state index in [1.165, 1.54) is 19.1 Å². The summed E-state index contributed by atoms with van der Waals surface area (Å²) in [7, 11) is -4.74. The van der Waals surface area contributed by atoms with Gasteiger partial charge in [-0.1, -0.05) is 17.3 Å². The summed E-state index contributed by atoms with van der Waals surface area (Å²) in [5, 5.41) is 8.37. The Hall–Kier alpha value is -3.06. The van der Waals surface area contributed by atoms with Crippen LogP contribution >= 0.6 is 0 Å². The Balaban J connectivity index is 2.21. The number of nitrogens with zero attached hydrogens (tertiary/aromatic N) is 1. The zero-order valence-corrected chi connectivity index (χ0v) is 16.2. The topological polar surface area (TPSA) is 95.4 Å². The molecule has 0 aliphatic carbocycles. The molecule has 0 unspecified atom stereocenters. The van der Waals surface area contributed by atoms with Gasteiger partial charge >= 0.3 is 6.36 Å². The minimum Gasteiger partial charge on any atom is -0.405 e. The van der Waals surface area contributed by atoms with Crippen LogP contribution in [-0.4, -0.2) is 19.9 Å². The van der Waals surface area contributed by atoms with Crippen LogP contribution in [0.5, 0.6) is 5.75 Å². The van der Waals surface area contributed by atoms with E-state index in [0.29, 0.717) is 12.1 Å². The lowest BCUT2D eigenvalue weighted by Crippen LogP contribution is -2.17. The smallest absolute Gasteiger partial charge is 0.405 e. The van der Waals surface area contributed by atoms with E-state index in [1.54, 1.807) is 0 Å². The third-order valence-corrected chi connectivity index (χ3v) is 5.10. The van der Waals surface area contributed by atoms with Gasteiger partial charge in [-0.25, -0.2) is 26.7 Å². The number of aromatic nitrogens is 1. The Morgan fingerprint density at radius 2 is 1.71 bits per heavy atom. The molecule has 3 aromatic rings. The lowest BCUT2D eigenvalue weighted by molar-refractivity contribution is -0.274. The van der Waals surface area contributed by atoms with Crippen LogP contribution < -0.4 is 9.88 Å². The number of alkyl halides is 4. The van der Waals surface area contributed by atoms with Crippen molar-refractivity contribution in [1.29, 1.82) is 0 Å². The van der Waals surface area contributed by atoms with Crippen LogP contribution in [0, 0.1) is 18.6 Å². The van der Waals surface area contributed by atoms with Gasteiger partial charge in [-0.05, 0) is 36.2 Å². The Morgan fingerprint density at radius 1 is 1.10 bits per heavy atom. The van der Waals surface area contributed by atoms with Crippen LogP contribution in [0.25, 0.3) is 22.4 Å². The highest BCUT2D eigenvalue weighted by Gasteiger charge is 2.32. The summed E-state index contributed by atoms with van der Waals surface area (Å²) in [6, 6.07) is 4.65. The number of primary sulfonamides is 1. The van der Waals surface area contributed by atoms with Gasteiger partial charge < -0.3 is 9.26 Å². The van der Waals surface area contributed by atoms with Crippen LogP contribution in [0.15, 0.2) is 39.8 Å². The van der Waals surface area contributed by atoms with Crippen molar-refractivity contribution < 1.29 is 44.0 Å². The minimum absolute atomic E-state index is 0.0420. The molecule has 0 aliphatic heterocycles. The van der Waals surface area contributed by atoms with Crippen molar-refractivity contribution in [1.82, 2.24) is 5.16 Å². The van der Waals surface area contributed by atoms with Crippen molar-refractivity contribution in [3.05, 3.63) is 53.3 Å². The predicted molar refractivity (Wildman–Crippen MR) is 94.9 cm³/mol. The molecule has 0 bridgehead atoms. The first-order valence-electron chi connectivity index (χ1n) is 8.25. The molecule has 2 aromatic carbocycles. The van der Waals surface area contributed by atoms with Gasteiger partial charge in [-0.15, -0.1) is 13.2 Å². The lowest BCUT2D eigenvalue weighted by atomic mass is 9.98. The molecule has 0 radical (unpaired) electrons. The zero-order valence-electron chi connectivity index (χ0n) is 15.4. The first-order valence-corrected chi connectivity index (χ1v) is 9.80. The third kappa shape index (κ3) is 4.66. The number of halogens is 6. The number of sulfonamides is 1. The summed E-state index contributed by atoms with van der Waals surface area (Å²) in [5.41, 5.74) is -0.832. The maximum absolute atomic E-state index is 14.3. The van der Waals surface area contributed by atoms with Crippen molar-refractivity contribution in [2.24, 2.45) is 5.14 Å².